The van der Waals surface area contributed by atoms with E-state index in [0.29, 0.717) is 0 Å². The van der Waals surface area contributed by atoms with Crippen LogP contribution in [0.3, 0.4) is 0 Å². The van der Waals surface area contributed by atoms with Crippen molar-refractivity contribution < 1.29 is 0 Å². The van der Waals surface area contributed by atoms with Crippen LogP contribution in [0.2, 0.25) is 0 Å². The molecule has 0 aliphatic heterocycles. The second-order valence-corrected chi connectivity index (χ2v) is 6.07. The predicted octanol–water partition coefficient (Wildman–Crippen LogP) is 4.90. The maximum atomic E-state index is 6.50. The molecule has 1 nitrogen and oxygen atoms in total. The number of thiophene rings is 1. The molecule has 2 aromatic carbocycles. The first kappa shape index (κ1) is 13.3. The van der Waals surface area contributed by atoms with Gasteiger partial charge in [0.25, 0.3) is 0 Å². The van der Waals surface area contributed by atoms with Gasteiger partial charge in [0.05, 0.1) is 6.04 Å². The first-order chi connectivity index (χ1) is 9.79. The van der Waals surface area contributed by atoms with Gasteiger partial charge in [-0.2, -0.15) is 0 Å². The third kappa shape index (κ3) is 2.49. The van der Waals surface area contributed by atoms with Gasteiger partial charge in [-0.3, -0.25) is 0 Å². The summed E-state index contributed by atoms with van der Waals surface area (Å²) in [5, 5.41) is 3.48. The SMILES string of the molecule is CCCc1cccc(C(N)c2csc3ccccc23)c1. The zero-order chi connectivity index (χ0) is 13.9. The van der Waals surface area contributed by atoms with Crippen LogP contribution in [0, 0.1) is 0 Å². The molecule has 1 heterocycles. The van der Waals surface area contributed by atoms with Gasteiger partial charge in [0.15, 0.2) is 0 Å². The van der Waals surface area contributed by atoms with Crippen molar-refractivity contribution in [2.24, 2.45) is 5.73 Å². The van der Waals surface area contributed by atoms with Crippen molar-refractivity contribution in [1.29, 1.82) is 0 Å². The number of hydrogen-bond donors (Lipinski definition) is 1. The van der Waals surface area contributed by atoms with E-state index >= 15 is 0 Å². The number of aryl methyl sites for hydroxylation is 1. The second-order valence-electron chi connectivity index (χ2n) is 5.16. The Hall–Kier alpha value is -1.64. The molecule has 0 spiro atoms. The van der Waals surface area contributed by atoms with Gasteiger partial charge in [-0.1, -0.05) is 55.8 Å². The minimum Gasteiger partial charge on any atom is -0.320 e. The van der Waals surface area contributed by atoms with Crippen molar-refractivity contribution >= 4 is 21.4 Å². The molecule has 3 aromatic rings. The minimum absolute atomic E-state index is 0.0389. The third-order valence-corrected chi connectivity index (χ3v) is 4.68. The largest absolute Gasteiger partial charge is 0.320 e. The molecule has 1 aromatic heterocycles. The van der Waals surface area contributed by atoms with E-state index in [1.165, 1.54) is 33.2 Å². The molecule has 0 aliphatic carbocycles. The summed E-state index contributed by atoms with van der Waals surface area (Å²) in [6.45, 7) is 2.21. The molecule has 0 bridgehead atoms. The van der Waals surface area contributed by atoms with Gasteiger partial charge in [0, 0.05) is 4.70 Å². The van der Waals surface area contributed by atoms with Gasteiger partial charge in [0.2, 0.25) is 0 Å². The fourth-order valence-electron chi connectivity index (χ4n) is 2.65. The maximum Gasteiger partial charge on any atom is 0.0566 e. The number of hydrogen-bond acceptors (Lipinski definition) is 2. The van der Waals surface area contributed by atoms with E-state index in [-0.39, 0.29) is 6.04 Å². The van der Waals surface area contributed by atoms with Gasteiger partial charge < -0.3 is 5.73 Å². The van der Waals surface area contributed by atoms with Gasteiger partial charge >= 0.3 is 0 Å². The van der Waals surface area contributed by atoms with E-state index in [1.54, 1.807) is 11.3 Å². The van der Waals surface area contributed by atoms with Gasteiger partial charge in [-0.05, 0) is 39.9 Å². The standard InChI is InChI=1S/C18H19NS/c1-2-6-13-7-5-8-14(11-13)18(19)16-12-20-17-10-4-3-9-15(16)17/h3-5,7-12,18H,2,6,19H2,1H3. The van der Waals surface area contributed by atoms with Crippen LogP contribution < -0.4 is 5.73 Å². The van der Waals surface area contributed by atoms with Gasteiger partial charge in [0.1, 0.15) is 0 Å². The lowest BCUT2D eigenvalue weighted by Crippen LogP contribution is -2.11. The molecule has 0 saturated heterocycles. The zero-order valence-electron chi connectivity index (χ0n) is 11.7. The summed E-state index contributed by atoms with van der Waals surface area (Å²) in [6, 6.07) is 17.1. The highest BCUT2D eigenvalue weighted by Gasteiger charge is 2.13. The molecule has 102 valence electrons. The lowest BCUT2D eigenvalue weighted by Gasteiger charge is -2.13. The molecule has 0 radical (unpaired) electrons. The second kappa shape index (κ2) is 5.78. The highest BCUT2D eigenvalue weighted by Crippen LogP contribution is 2.32. The van der Waals surface area contributed by atoms with Gasteiger partial charge in [-0.15, -0.1) is 11.3 Å². The van der Waals surface area contributed by atoms with Crippen LogP contribution in [-0.2, 0) is 6.42 Å². The maximum absolute atomic E-state index is 6.50. The average molecular weight is 281 g/mol. The van der Waals surface area contributed by atoms with E-state index < -0.39 is 0 Å². The zero-order valence-corrected chi connectivity index (χ0v) is 12.5. The first-order valence-corrected chi connectivity index (χ1v) is 7.98. The molecule has 2 N–H and O–H groups in total. The Bertz CT molecular complexity index is 714. The smallest absolute Gasteiger partial charge is 0.0566 e. The topological polar surface area (TPSA) is 26.0 Å². The van der Waals surface area contributed by atoms with Crippen LogP contribution in [0.1, 0.15) is 36.1 Å². The number of nitrogens with two attached hydrogens (primary N) is 1. The first-order valence-electron chi connectivity index (χ1n) is 7.10. The molecule has 1 unspecified atom stereocenters. The fraction of sp³-hybridized carbons (Fsp3) is 0.222. The normalized spacial score (nSPS) is 12.7. The van der Waals surface area contributed by atoms with E-state index in [0.717, 1.165) is 6.42 Å². The summed E-state index contributed by atoms with van der Waals surface area (Å²) < 4.78 is 1.31. The molecule has 1 atom stereocenters. The van der Waals surface area contributed by atoms with Crippen molar-refractivity contribution in [1.82, 2.24) is 0 Å². The molecule has 2 heteroatoms. The molecule has 0 saturated carbocycles. The Kier molecular flexibility index (Phi) is 3.86. The molecule has 0 fully saturated rings. The Morgan fingerprint density at radius 3 is 2.80 bits per heavy atom. The van der Waals surface area contributed by atoms with Crippen LogP contribution in [0.5, 0.6) is 0 Å². The lowest BCUT2D eigenvalue weighted by molar-refractivity contribution is 0.868. The molecule has 3 rings (SSSR count). The fourth-order valence-corrected chi connectivity index (χ4v) is 3.65. The lowest BCUT2D eigenvalue weighted by atomic mass is 9.96. The molecule has 0 amide bonds. The summed E-state index contributed by atoms with van der Waals surface area (Å²) in [6.07, 6.45) is 2.28. The summed E-state index contributed by atoms with van der Waals surface area (Å²) in [7, 11) is 0. The van der Waals surface area contributed by atoms with Crippen molar-refractivity contribution in [3.8, 4) is 0 Å². The number of rotatable bonds is 4. The Balaban J connectivity index is 1.99. The van der Waals surface area contributed by atoms with E-state index in [4.69, 9.17) is 5.73 Å². The summed E-state index contributed by atoms with van der Waals surface area (Å²) in [5.41, 5.74) is 10.3. The Labute approximate surface area is 124 Å². The van der Waals surface area contributed by atoms with Crippen molar-refractivity contribution in [2.75, 3.05) is 0 Å². The van der Waals surface area contributed by atoms with Crippen LogP contribution >= 0.6 is 11.3 Å². The minimum atomic E-state index is -0.0389. The predicted molar refractivity (Wildman–Crippen MR) is 88.3 cm³/mol. The van der Waals surface area contributed by atoms with Crippen LogP contribution in [-0.4, -0.2) is 0 Å². The highest BCUT2D eigenvalue weighted by atomic mass is 32.1. The van der Waals surface area contributed by atoms with Crippen LogP contribution in [0.15, 0.2) is 53.9 Å². The Morgan fingerprint density at radius 2 is 1.95 bits per heavy atom. The number of benzene rings is 2. The quantitative estimate of drug-likeness (QED) is 0.723. The monoisotopic (exact) mass is 281 g/mol. The summed E-state index contributed by atoms with van der Waals surface area (Å²) in [5.74, 6) is 0. The molecule has 20 heavy (non-hydrogen) atoms. The number of fused-ring (bicyclic) bond motifs is 1. The van der Waals surface area contributed by atoms with E-state index in [2.05, 4.69) is 60.8 Å². The van der Waals surface area contributed by atoms with E-state index in [9.17, 15) is 0 Å². The summed E-state index contributed by atoms with van der Waals surface area (Å²) >= 11 is 1.77. The third-order valence-electron chi connectivity index (χ3n) is 3.69. The highest BCUT2D eigenvalue weighted by molar-refractivity contribution is 7.17. The summed E-state index contributed by atoms with van der Waals surface area (Å²) in [4.78, 5) is 0. The van der Waals surface area contributed by atoms with Crippen molar-refractivity contribution in [3.05, 3.63) is 70.6 Å². The van der Waals surface area contributed by atoms with Crippen molar-refractivity contribution in [2.45, 2.75) is 25.8 Å². The Morgan fingerprint density at radius 1 is 1.10 bits per heavy atom. The molecule has 0 aliphatic rings. The molecular weight excluding hydrogens is 262 g/mol. The van der Waals surface area contributed by atoms with E-state index in [1.807, 2.05) is 0 Å². The molecular formula is C18H19NS. The van der Waals surface area contributed by atoms with Crippen molar-refractivity contribution in [3.63, 3.8) is 0 Å². The average Bonchev–Trinajstić information content (AvgIpc) is 2.91. The van der Waals surface area contributed by atoms with Crippen LogP contribution in [0.25, 0.3) is 10.1 Å². The van der Waals surface area contributed by atoms with Crippen LogP contribution in [0.4, 0.5) is 0 Å². The van der Waals surface area contributed by atoms with Gasteiger partial charge in [-0.25, -0.2) is 0 Å².